The second-order valence-corrected chi connectivity index (χ2v) is 4.64. The first-order valence-electron chi connectivity index (χ1n) is 5.03. The van der Waals surface area contributed by atoms with Crippen molar-refractivity contribution >= 4 is 0 Å². The number of hydrogen-bond acceptors (Lipinski definition) is 2. The molecule has 1 aromatic carbocycles. The maximum absolute atomic E-state index is 4.08. The van der Waals surface area contributed by atoms with Crippen LogP contribution in [-0.4, -0.2) is 14.8 Å². The van der Waals surface area contributed by atoms with E-state index in [0.717, 1.165) is 5.69 Å². The van der Waals surface area contributed by atoms with Gasteiger partial charge in [-0.1, -0.05) is 32.9 Å². The number of aromatic nitrogens is 3. The van der Waals surface area contributed by atoms with Gasteiger partial charge in [0, 0.05) is 0 Å². The lowest BCUT2D eigenvalue weighted by molar-refractivity contribution is 0.590. The molecule has 0 aliphatic carbocycles. The second kappa shape index (κ2) is 3.50. The summed E-state index contributed by atoms with van der Waals surface area (Å²) in [6.45, 7) is 6.62. The summed E-state index contributed by atoms with van der Waals surface area (Å²) >= 11 is 0. The fraction of sp³-hybridized carbons (Fsp3) is 0.333. The van der Waals surface area contributed by atoms with Crippen LogP contribution in [0.25, 0.3) is 5.69 Å². The lowest BCUT2D eigenvalue weighted by atomic mass is 9.87. The van der Waals surface area contributed by atoms with Crippen molar-refractivity contribution in [3.63, 3.8) is 0 Å². The molecule has 3 nitrogen and oxygen atoms in total. The lowest BCUT2D eigenvalue weighted by Crippen LogP contribution is -2.10. The molecule has 0 fully saturated rings. The quantitative estimate of drug-likeness (QED) is 0.710. The molecule has 78 valence electrons. The Bertz CT molecular complexity index is 421. The van der Waals surface area contributed by atoms with Crippen molar-refractivity contribution in [2.45, 2.75) is 26.2 Å². The third-order valence-corrected chi connectivity index (χ3v) is 2.42. The maximum atomic E-state index is 4.08. The fourth-order valence-corrected chi connectivity index (χ4v) is 1.46. The number of hydrogen-bond donors (Lipinski definition) is 0. The Balaban J connectivity index is 2.33. The van der Waals surface area contributed by atoms with E-state index in [2.05, 4.69) is 55.1 Å². The van der Waals surface area contributed by atoms with Crippen LogP contribution in [-0.2, 0) is 5.41 Å². The third kappa shape index (κ3) is 2.06. The molecule has 0 saturated heterocycles. The molecule has 2 rings (SSSR count). The Hall–Kier alpha value is -1.64. The Morgan fingerprint density at radius 3 is 2.20 bits per heavy atom. The van der Waals surface area contributed by atoms with E-state index in [1.165, 1.54) is 11.9 Å². The van der Waals surface area contributed by atoms with Gasteiger partial charge >= 0.3 is 0 Å². The highest BCUT2D eigenvalue weighted by Crippen LogP contribution is 2.22. The topological polar surface area (TPSA) is 30.7 Å². The number of nitrogens with zero attached hydrogens (tertiary/aromatic N) is 3. The molecule has 0 aliphatic rings. The van der Waals surface area contributed by atoms with Gasteiger partial charge in [-0.3, -0.25) is 0 Å². The molecule has 0 unspecified atom stereocenters. The summed E-state index contributed by atoms with van der Waals surface area (Å²) in [4.78, 5) is 3.92. The van der Waals surface area contributed by atoms with Gasteiger partial charge in [0.15, 0.2) is 0 Å². The zero-order valence-electron chi connectivity index (χ0n) is 9.31. The molecule has 15 heavy (non-hydrogen) atoms. The van der Waals surface area contributed by atoms with E-state index in [4.69, 9.17) is 0 Å². The fourth-order valence-electron chi connectivity index (χ4n) is 1.46. The first-order valence-corrected chi connectivity index (χ1v) is 5.03. The first kappa shape index (κ1) is 9.90. The van der Waals surface area contributed by atoms with E-state index in [-0.39, 0.29) is 5.41 Å². The molecule has 1 heterocycles. The maximum Gasteiger partial charge on any atom is 0.138 e. The minimum atomic E-state index is 0.195. The summed E-state index contributed by atoms with van der Waals surface area (Å²) in [5, 5.41) is 4.08. The number of benzene rings is 1. The molecule has 0 amide bonds. The predicted octanol–water partition coefficient (Wildman–Crippen LogP) is 2.56. The Morgan fingerprint density at radius 2 is 1.73 bits per heavy atom. The van der Waals surface area contributed by atoms with Crippen LogP contribution in [0, 0.1) is 0 Å². The average molecular weight is 201 g/mol. The van der Waals surface area contributed by atoms with E-state index < -0.39 is 0 Å². The standard InChI is InChI=1S/C12H15N3/c1-12(2,3)10-4-6-11(7-5-10)15-9-13-8-14-15/h4-9H,1-3H3. The van der Waals surface area contributed by atoms with Gasteiger partial charge in [-0.05, 0) is 23.1 Å². The van der Waals surface area contributed by atoms with Gasteiger partial charge in [-0.2, -0.15) is 5.10 Å². The predicted molar refractivity (Wildman–Crippen MR) is 60.1 cm³/mol. The molecule has 0 aliphatic heterocycles. The van der Waals surface area contributed by atoms with Gasteiger partial charge in [0.25, 0.3) is 0 Å². The van der Waals surface area contributed by atoms with Crippen molar-refractivity contribution in [3.05, 3.63) is 42.5 Å². The van der Waals surface area contributed by atoms with Crippen LogP contribution in [0.1, 0.15) is 26.3 Å². The molecule has 2 aromatic rings. The molecular formula is C12H15N3. The normalized spacial score (nSPS) is 11.7. The zero-order valence-corrected chi connectivity index (χ0v) is 9.31. The van der Waals surface area contributed by atoms with Crippen LogP contribution >= 0.6 is 0 Å². The summed E-state index contributed by atoms with van der Waals surface area (Å²) in [5.74, 6) is 0. The average Bonchev–Trinajstić information content (AvgIpc) is 2.69. The third-order valence-electron chi connectivity index (χ3n) is 2.42. The Kier molecular flexibility index (Phi) is 2.31. The van der Waals surface area contributed by atoms with Crippen molar-refractivity contribution in [2.75, 3.05) is 0 Å². The smallest absolute Gasteiger partial charge is 0.138 e. The highest BCUT2D eigenvalue weighted by atomic mass is 15.3. The van der Waals surface area contributed by atoms with Crippen LogP contribution in [0.2, 0.25) is 0 Å². The molecule has 1 aromatic heterocycles. The summed E-state index contributed by atoms with van der Waals surface area (Å²) in [7, 11) is 0. The Labute approximate surface area is 89.8 Å². The zero-order chi connectivity index (χ0) is 10.9. The lowest BCUT2D eigenvalue weighted by Gasteiger charge is -2.18. The van der Waals surface area contributed by atoms with Gasteiger partial charge in [0.1, 0.15) is 12.7 Å². The van der Waals surface area contributed by atoms with E-state index in [0.29, 0.717) is 0 Å². The van der Waals surface area contributed by atoms with Crippen LogP contribution < -0.4 is 0 Å². The van der Waals surface area contributed by atoms with Crippen LogP contribution in [0.15, 0.2) is 36.9 Å². The van der Waals surface area contributed by atoms with Crippen LogP contribution in [0.5, 0.6) is 0 Å². The molecule has 0 bridgehead atoms. The summed E-state index contributed by atoms with van der Waals surface area (Å²) in [6, 6.07) is 8.40. The highest BCUT2D eigenvalue weighted by Gasteiger charge is 2.12. The molecule has 0 radical (unpaired) electrons. The van der Waals surface area contributed by atoms with Crippen molar-refractivity contribution < 1.29 is 0 Å². The van der Waals surface area contributed by atoms with Gasteiger partial charge in [-0.15, -0.1) is 0 Å². The van der Waals surface area contributed by atoms with Gasteiger partial charge in [0.2, 0.25) is 0 Å². The molecule has 0 N–H and O–H groups in total. The Morgan fingerprint density at radius 1 is 1.07 bits per heavy atom. The van der Waals surface area contributed by atoms with Gasteiger partial charge in [-0.25, -0.2) is 9.67 Å². The van der Waals surface area contributed by atoms with E-state index in [1.807, 2.05) is 0 Å². The van der Waals surface area contributed by atoms with E-state index >= 15 is 0 Å². The molecule has 0 atom stereocenters. The molecule has 3 heteroatoms. The molecule has 0 saturated carbocycles. The highest BCUT2D eigenvalue weighted by molar-refractivity contribution is 5.35. The molecule has 0 spiro atoms. The summed E-state index contributed by atoms with van der Waals surface area (Å²) < 4.78 is 1.76. The minimum Gasteiger partial charge on any atom is -0.223 e. The summed E-state index contributed by atoms with van der Waals surface area (Å²) in [5.41, 5.74) is 2.56. The van der Waals surface area contributed by atoms with E-state index in [1.54, 1.807) is 11.0 Å². The SMILES string of the molecule is CC(C)(C)c1ccc(-n2cncn2)cc1. The van der Waals surface area contributed by atoms with Gasteiger partial charge < -0.3 is 0 Å². The van der Waals surface area contributed by atoms with Crippen molar-refractivity contribution in [2.24, 2.45) is 0 Å². The second-order valence-electron chi connectivity index (χ2n) is 4.64. The van der Waals surface area contributed by atoms with E-state index in [9.17, 15) is 0 Å². The summed E-state index contributed by atoms with van der Waals surface area (Å²) in [6.07, 6.45) is 3.24. The molecular weight excluding hydrogens is 186 g/mol. The monoisotopic (exact) mass is 201 g/mol. The van der Waals surface area contributed by atoms with Gasteiger partial charge in [0.05, 0.1) is 5.69 Å². The minimum absolute atomic E-state index is 0.195. The van der Waals surface area contributed by atoms with Crippen molar-refractivity contribution in [1.82, 2.24) is 14.8 Å². The largest absolute Gasteiger partial charge is 0.223 e. The van der Waals surface area contributed by atoms with Crippen LogP contribution in [0.3, 0.4) is 0 Å². The van der Waals surface area contributed by atoms with Crippen molar-refractivity contribution in [1.29, 1.82) is 0 Å². The number of rotatable bonds is 1. The first-order chi connectivity index (χ1) is 7.07. The van der Waals surface area contributed by atoms with Crippen LogP contribution in [0.4, 0.5) is 0 Å². The van der Waals surface area contributed by atoms with Crippen molar-refractivity contribution in [3.8, 4) is 5.69 Å².